The lowest BCUT2D eigenvalue weighted by atomic mass is 9.68. The third-order valence-electron chi connectivity index (χ3n) is 5.88. The molecule has 7 heteroatoms. The first kappa shape index (κ1) is 18.5. The van der Waals surface area contributed by atoms with Crippen LogP contribution in [0.25, 0.3) is 0 Å². The number of piperidine rings is 2. The van der Waals surface area contributed by atoms with E-state index in [1.807, 2.05) is 7.05 Å². The molecular formula is C19H26N2O5. The molecule has 7 nitrogen and oxygen atoms in total. The van der Waals surface area contributed by atoms with E-state index in [0.717, 1.165) is 13.0 Å². The Morgan fingerprint density at radius 1 is 1.19 bits per heavy atom. The van der Waals surface area contributed by atoms with Gasteiger partial charge in [-0.15, -0.1) is 0 Å². The van der Waals surface area contributed by atoms with Gasteiger partial charge in [0.25, 0.3) is 5.91 Å². The Morgan fingerprint density at radius 3 is 2.62 bits per heavy atom. The Morgan fingerprint density at radius 2 is 1.96 bits per heavy atom. The molecule has 2 heterocycles. The average molecular weight is 362 g/mol. The second-order valence-electron chi connectivity index (χ2n) is 7.13. The fraction of sp³-hybridized carbons (Fsp3) is 0.579. The van der Waals surface area contributed by atoms with Gasteiger partial charge < -0.3 is 24.4 Å². The normalized spacial score (nSPS) is 26.1. The summed E-state index contributed by atoms with van der Waals surface area (Å²) in [6.45, 7) is 1.70. The highest BCUT2D eigenvalue weighted by atomic mass is 16.5. The van der Waals surface area contributed by atoms with Crippen LogP contribution < -0.4 is 9.47 Å². The molecule has 0 bridgehead atoms. The molecule has 1 N–H and O–H groups in total. The number of nitrogens with zero attached hydrogens (tertiary/aromatic N) is 2. The molecule has 2 aliphatic rings. The topological polar surface area (TPSA) is 79.3 Å². The summed E-state index contributed by atoms with van der Waals surface area (Å²) in [6, 6.07) is 4.94. The fourth-order valence-electron chi connectivity index (χ4n) is 4.31. The SMILES string of the molecule is COc1ccc(C(=O)N2CC[C@@]3(C(=O)O)CCCN(C)[C@@H]3C2)c(OC)c1. The summed E-state index contributed by atoms with van der Waals surface area (Å²) in [6.07, 6.45) is 2.02. The van der Waals surface area contributed by atoms with E-state index in [0.29, 0.717) is 43.0 Å². The summed E-state index contributed by atoms with van der Waals surface area (Å²) < 4.78 is 10.5. The van der Waals surface area contributed by atoms with Crippen molar-refractivity contribution in [2.45, 2.75) is 25.3 Å². The number of fused-ring (bicyclic) bond motifs is 1. The third-order valence-corrected chi connectivity index (χ3v) is 5.88. The second-order valence-corrected chi connectivity index (χ2v) is 7.13. The van der Waals surface area contributed by atoms with Gasteiger partial charge in [0.2, 0.25) is 0 Å². The zero-order valence-corrected chi connectivity index (χ0v) is 15.5. The first-order chi connectivity index (χ1) is 12.4. The predicted molar refractivity (Wildman–Crippen MR) is 95.8 cm³/mol. The molecule has 0 unspecified atom stereocenters. The second kappa shape index (κ2) is 7.15. The van der Waals surface area contributed by atoms with Crippen LogP contribution in [0.2, 0.25) is 0 Å². The Bertz CT molecular complexity index is 707. The van der Waals surface area contributed by atoms with Crippen molar-refractivity contribution < 1.29 is 24.2 Å². The number of carboxylic acids is 1. The number of benzene rings is 1. The highest BCUT2D eigenvalue weighted by Crippen LogP contribution is 2.42. The summed E-state index contributed by atoms with van der Waals surface area (Å²) in [5.74, 6) is 0.195. The van der Waals surface area contributed by atoms with Gasteiger partial charge in [-0.25, -0.2) is 0 Å². The number of rotatable bonds is 4. The van der Waals surface area contributed by atoms with Gasteiger partial charge in [-0.3, -0.25) is 9.59 Å². The number of hydrogen-bond acceptors (Lipinski definition) is 5. The molecule has 0 radical (unpaired) electrons. The molecule has 2 aliphatic heterocycles. The largest absolute Gasteiger partial charge is 0.497 e. The molecule has 0 saturated carbocycles. The molecule has 2 saturated heterocycles. The Labute approximate surface area is 153 Å². The van der Waals surface area contributed by atoms with Crippen molar-refractivity contribution >= 4 is 11.9 Å². The molecule has 3 rings (SSSR count). The highest BCUT2D eigenvalue weighted by molar-refractivity contribution is 5.97. The van der Waals surface area contributed by atoms with Crippen LogP contribution in [0, 0.1) is 5.41 Å². The summed E-state index contributed by atoms with van der Waals surface area (Å²) in [4.78, 5) is 28.9. The number of carboxylic acid groups (broad SMARTS) is 1. The van der Waals surface area contributed by atoms with Crippen molar-refractivity contribution in [3.63, 3.8) is 0 Å². The van der Waals surface area contributed by atoms with Crippen LogP contribution in [-0.2, 0) is 4.79 Å². The van der Waals surface area contributed by atoms with E-state index in [1.165, 1.54) is 7.11 Å². The van der Waals surface area contributed by atoms with E-state index in [1.54, 1.807) is 30.2 Å². The van der Waals surface area contributed by atoms with Crippen molar-refractivity contribution in [3.8, 4) is 11.5 Å². The minimum atomic E-state index is -0.756. The van der Waals surface area contributed by atoms with Crippen LogP contribution >= 0.6 is 0 Å². The zero-order valence-electron chi connectivity index (χ0n) is 15.5. The molecule has 2 fully saturated rings. The Balaban J connectivity index is 1.85. The van der Waals surface area contributed by atoms with Crippen LogP contribution in [-0.4, -0.2) is 73.7 Å². The highest BCUT2D eigenvalue weighted by Gasteiger charge is 2.52. The van der Waals surface area contributed by atoms with Gasteiger partial charge in [0.15, 0.2) is 0 Å². The van der Waals surface area contributed by atoms with Crippen LogP contribution in [0.1, 0.15) is 29.6 Å². The molecule has 1 aromatic carbocycles. The maximum Gasteiger partial charge on any atom is 0.311 e. The number of amides is 1. The average Bonchev–Trinajstić information content (AvgIpc) is 2.66. The lowest BCUT2D eigenvalue weighted by molar-refractivity contribution is -0.161. The van der Waals surface area contributed by atoms with E-state index in [-0.39, 0.29) is 11.9 Å². The lowest BCUT2D eigenvalue weighted by Crippen LogP contribution is -2.63. The number of aliphatic carboxylic acids is 1. The Hall–Kier alpha value is -2.28. The molecular weight excluding hydrogens is 336 g/mol. The monoisotopic (exact) mass is 362 g/mol. The maximum atomic E-state index is 13.1. The van der Waals surface area contributed by atoms with Crippen molar-refractivity contribution in [2.75, 3.05) is 40.9 Å². The van der Waals surface area contributed by atoms with Gasteiger partial charge in [-0.2, -0.15) is 0 Å². The smallest absolute Gasteiger partial charge is 0.311 e. The maximum absolute atomic E-state index is 13.1. The molecule has 0 aliphatic carbocycles. The van der Waals surface area contributed by atoms with Gasteiger partial charge in [0, 0.05) is 25.2 Å². The Kier molecular flexibility index (Phi) is 5.09. The zero-order chi connectivity index (χ0) is 18.9. The first-order valence-electron chi connectivity index (χ1n) is 8.88. The van der Waals surface area contributed by atoms with Gasteiger partial charge in [0.05, 0.1) is 25.2 Å². The number of methoxy groups -OCH3 is 2. The van der Waals surface area contributed by atoms with Crippen molar-refractivity contribution in [2.24, 2.45) is 5.41 Å². The number of carbonyl (C=O) groups excluding carboxylic acids is 1. The predicted octanol–water partition coefficient (Wildman–Crippen LogP) is 1.71. The van der Waals surface area contributed by atoms with Gasteiger partial charge in [0.1, 0.15) is 11.5 Å². The molecule has 0 spiro atoms. The van der Waals surface area contributed by atoms with Gasteiger partial charge in [-0.05, 0) is 45.0 Å². The number of likely N-dealkylation sites (N-methyl/N-ethyl adjacent to an activating group) is 1. The van der Waals surface area contributed by atoms with Crippen LogP contribution in [0.4, 0.5) is 0 Å². The summed E-state index contributed by atoms with van der Waals surface area (Å²) in [7, 11) is 5.03. The first-order valence-corrected chi connectivity index (χ1v) is 8.88. The molecule has 1 aromatic rings. The number of carbonyl (C=O) groups is 2. The summed E-state index contributed by atoms with van der Waals surface area (Å²) in [5.41, 5.74) is -0.289. The molecule has 1 amide bonds. The lowest BCUT2D eigenvalue weighted by Gasteiger charge is -2.51. The van der Waals surface area contributed by atoms with Gasteiger partial charge in [-0.1, -0.05) is 0 Å². The molecule has 26 heavy (non-hydrogen) atoms. The van der Waals surface area contributed by atoms with Crippen molar-refractivity contribution in [1.82, 2.24) is 9.80 Å². The fourth-order valence-corrected chi connectivity index (χ4v) is 4.31. The number of hydrogen-bond donors (Lipinski definition) is 1. The minimum absolute atomic E-state index is 0.137. The van der Waals surface area contributed by atoms with Crippen LogP contribution in [0.15, 0.2) is 18.2 Å². The van der Waals surface area contributed by atoms with Crippen LogP contribution in [0.5, 0.6) is 11.5 Å². The minimum Gasteiger partial charge on any atom is -0.497 e. The third kappa shape index (κ3) is 3.00. The number of likely N-dealkylation sites (tertiary alicyclic amines) is 2. The van der Waals surface area contributed by atoms with E-state index >= 15 is 0 Å². The molecule has 2 atom stereocenters. The standard InChI is InChI=1S/C19H26N2O5/c1-20-9-4-7-19(18(23)24)8-10-21(12-16(19)20)17(22)14-6-5-13(25-2)11-15(14)26-3/h5-6,11,16H,4,7-10,12H2,1-3H3,(H,23,24)/t16-,19+/m1/s1. The van der Waals surface area contributed by atoms with E-state index in [2.05, 4.69) is 4.90 Å². The van der Waals surface area contributed by atoms with Crippen molar-refractivity contribution in [1.29, 1.82) is 0 Å². The molecule has 0 aromatic heterocycles. The van der Waals surface area contributed by atoms with Crippen LogP contribution in [0.3, 0.4) is 0 Å². The van der Waals surface area contributed by atoms with Crippen molar-refractivity contribution in [3.05, 3.63) is 23.8 Å². The summed E-state index contributed by atoms with van der Waals surface area (Å²) >= 11 is 0. The van der Waals surface area contributed by atoms with Gasteiger partial charge >= 0.3 is 5.97 Å². The van der Waals surface area contributed by atoms with E-state index < -0.39 is 11.4 Å². The van der Waals surface area contributed by atoms with E-state index in [4.69, 9.17) is 9.47 Å². The number of ether oxygens (including phenoxy) is 2. The molecule has 142 valence electrons. The van der Waals surface area contributed by atoms with E-state index in [9.17, 15) is 14.7 Å². The quantitative estimate of drug-likeness (QED) is 0.879. The summed E-state index contributed by atoms with van der Waals surface area (Å²) in [5, 5.41) is 9.86.